The van der Waals surface area contributed by atoms with Crippen molar-refractivity contribution in [1.82, 2.24) is 26.6 Å². The summed E-state index contributed by atoms with van der Waals surface area (Å²) in [5.74, 6) is -3.94. The average Bonchev–Trinajstić information content (AvgIpc) is 2.81. The Bertz CT molecular complexity index is 893. The first-order chi connectivity index (χ1) is 18.3. The Morgan fingerprint density at radius 1 is 0.500 bits per heavy atom. The minimum atomic E-state index is -1.21. The van der Waals surface area contributed by atoms with E-state index in [-0.39, 0.29) is 30.6 Å². The number of nitrogens with two attached hydrogens (primary N) is 1. The van der Waals surface area contributed by atoms with Gasteiger partial charge >= 0.3 is 5.97 Å². The molecular formula is C27H50N6O7. The number of carbonyl (C=O) groups is 6. The molecule has 0 aromatic carbocycles. The van der Waals surface area contributed by atoms with E-state index < -0.39 is 71.8 Å². The van der Waals surface area contributed by atoms with Gasteiger partial charge in [0.25, 0.3) is 0 Å². The van der Waals surface area contributed by atoms with E-state index in [0.29, 0.717) is 6.42 Å². The van der Waals surface area contributed by atoms with E-state index in [0.717, 1.165) is 0 Å². The van der Waals surface area contributed by atoms with Crippen LogP contribution in [0, 0.1) is 17.8 Å². The third kappa shape index (κ3) is 14.2. The van der Waals surface area contributed by atoms with Crippen LogP contribution in [0.1, 0.15) is 81.6 Å². The molecule has 0 heterocycles. The van der Waals surface area contributed by atoms with Gasteiger partial charge in [-0.25, -0.2) is 0 Å². The molecule has 8 N–H and O–H groups in total. The van der Waals surface area contributed by atoms with E-state index in [4.69, 9.17) is 10.8 Å². The third-order valence-corrected chi connectivity index (χ3v) is 5.98. The molecule has 0 radical (unpaired) electrons. The topological polar surface area (TPSA) is 209 Å². The summed E-state index contributed by atoms with van der Waals surface area (Å²) in [6, 6.07) is -5.92. The van der Waals surface area contributed by atoms with Crippen molar-refractivity contribution in [1.29, 1.82) is 0 Å². The van der Waals surface area contributed by atoms with Crippen molar-refractivity contribution in [2.45, 2.75) is 118 Å². The Labute approximate surface area is 237 Å². The maximum absolute atomic E-state index is 13.1. The number of aliphatic carboxylic acids is 1. The summed E-state index contributed by atoms with van der Waals surface area (Å²) < 4.78 is 0. The van der Waals surface area contributed by atoms with Crippen LogP contribution in [-0.2, 0) is 28.8 Å². The largest absolute Gasteiger partial charge is 0.480 e. The Balaban J connectivity index is 5.35. The molecule has 40 heavy (non-hydrogen) atoms. The summed E-state index contributed by atoms with van der Waals surface area (Å²) >= 11 is 0. The standard InChI is InChI=1S/C27H50N6O7/c1-13(2)10-19(28)24(36)29-16(7)22(34)32-20(11-14(3)4)25(37)30-17(8)23(35)33-21(12-15(5)6)26(38)31-18(9)27(39)40/h13-21H,10-12,28H2,1-9H3,(H,29,36)(H,30,37)(H,31,38)(H,32,34)(H,33,35)(H,39,40)/t16-,17-,18-,19-,20-,21-/m0/s1. The van der Waals surface area contributed by atoms with Gasteiger partial charge in [0.05, 0.1) is 6.04 Å². The summed E-state index contributed by atoms with van der Waals surface area (Å²) in [5.41, 5.74) is 5.88. The van der Waals surface area contributed by atoms with Crippen molar-refractivity contribution in [2.24, 2.45) is 23.5 Å². The molecule has 0 aliphatic heterocycles. The lowest BCUT2D eigenvalue weighted by atomic mass is 10.0. The van der Waals surface area contributed by atoms with Crippen LogP contribution in [0.4, 0.5) is 0 Å². The number of nitrogens with one attached hydrogen (secondary N) is 5. The van der Waals surface area contributed by atoms with Crippen LogP contribution in [0.3, 0.4) is 0 Å². The second-order valence-corrected chi connectivity index (χ2v) is 11.6. The monoisotopic (exact) mass is 570 g/mol. The molecule has 0 saturated carbocycles. The van der Waals surface area contributed by atoms with Crippen molar-refractivity contribution in [3.05, 3.63) is 0 Å². The van der Waals surface area contributed by atoms with E-state index in [2.05, 4.69) is 26.6 Å². The highest BCUT2D eigenvalue weighted by Gasteiger charge is 2.30. The summed E-state index contributed by atoms with van der Waals surface area (Å²) in [5, 5.41) is 21.8. The zero-order valence-corrected chi connectivity index (χ0v) is 25.3. The molecule has 0 saturated heterocycles. The van der Waals surface area contributed by atoms with E-state index in [1.54, 1.807) is 0 Å². The van der Waals surface area contributed by atoms with Gasteiger partial charge < -0.3 is 37.4 Å². The molecule has 13 heteroatoms. The SMILES string of the molecule is CC(C)C[C@H](NC(=O)[C@H](C)NC(=O)[C@H](CC(C)C)NC(=O)[C@H](C)NC(=O)[C@@H](N)CC(C)C)C(=O)N[C@@H](C)C(=O)O. The number of hydrogen-bond acceptors (Lipinski definition) is 7. The normalized spacial score (nSPS) is 15.8. The molecule has 0 rings (SSSR count). The zero-order chi connectivity index (χ0) is 31.3. The smallest absolute Gasteiger partial charge is 0.325 e. The quantitative estimate of drug-likeness (QED) is 0.126. The van der Waals surface area contributed by atoms with Crippen LogP contribution in [-0.4, -0.2) is 76.9 Å². The first-order valence-electron chi connectivity index (χ1n) is 13.9. The zero-order valence-electron chi connectivity index (χ0n) is 25.3. The average molecular weight is 571 g/mol. The summed E-state index contributed by atoms with van der Waals surface area (Å²) in [6.07, 6.45) is 0.975. The van der Waals surface area contributed by atoms with Crippen LogP contribution in [0.25, 0.3) is 0 Å². The molecule has 6 atom stereocenters. The van der Waals surface area contributed by atoms with Crippen molar-refractivity contribution in [3.8, 4) is 0 Å². The van der Waals surface area contributed by atoms with E-state index in [1.165, 1.54) is 20.8 Å². The first kappa shape index (κ1) is 36.8. The molecule has 0 fully saturated rings. The number of carboxylic acid groups (broad SMARTS) is 1. The van der Waals surface area contributed by atoms with Crippen molar-refractivity contribution >= 4 is 35.5 Å². The van der Waals surface area contributed by atoms with Crippen LogP contribution in [0.15, 0.2) is 0 Å². The van der Waals surface area contributed by atoms with Gasteiger partial charge in [-0.1, -0.05) is 41.5 Å². The second-order valence-electron chi connectivity index (χ2n) is 11.6. The van der Waals surface area contributed by atoms with Gasteiger partial charge in [0.15, 0.2) is 0 Å². The highest BCUT2D eigenvalue weighted by molar-refractivity contribution is 5.96. The van der Waals surface area contributed by atoms with E-state index in [9.17, 15) is 28.8 Å². The van der Waals surface area contributed by atoms with Gasteiger partial charge in [0, 0.05) is 0 Å². The highest BCUT2D eigenvalue weighted by Crippen LogP contribution is 2.08. The molecule has 0 aromatic heterocycles. The first-order valence-corrected chi connectivity index (χ1v) is 13.9. The summed E-state index contributed by atoms with van der Waals surface area (Å²) in [4.78, 5) is 74.7. The summed E-state index contributed by atoms with van der Waals surface area (Å²) in [6.45, 7) is 15.5. The third-order valence-electron chi connectivity index (χ3n) is 5.98. The van der Waals surface area contributed by atoms with Gasteiger partial charge in [-0.05, 0) is 57.8 Å². The van der Waals surface area contributed by atoms with E-state index in [1.807, 2.05) is 41.5 Å². The van der Waals surface area contributed by atoms with Crippen molar-refractivity contribution in [2.75, 3.05) is 0 Å². The second kappa shape index (κ2) is 17.5. The molecule has 230 valence electrons. The molecule has 0 aliphatic rings. The Hall–Kier alpha value is -3.22. The Morgan fingerprint density at radius 3 is 1.15 bits per heavy atom. The van der Waals surface area contributed by atoms with Crippen LogP contribution in [0.5, 0.6) is 0 Å². The predicted octanol–water partition coefficient (Wildman–Crippen LogP) is 0.0203. The number of rotatable bonds is 17. The van der Waals surface area contributed by atoms with Crippen molar-refractivity contribution < 1.29 is 33.9 Å². The van der Waals surface area contributed by atoms with Gasteiger partial charge in [0.1, 0.15) is 30.2 Å². The number of amides is 5. The van der Waals surface area contributed by atoms with Gasteiger partial charge in [-0.15, -0.1) is 0 Å². The predicted molar refractivity (Wildman–Crippen MR) is 151 cm³/mol. The highest BCUT2D eigenvalue weighted by atomic mass is 16.4. The van der Waals surface area contributed by atoms with Gasteiger partial charge in [-0.3, -0.25) is 28.8 Å². The van der Waals surface area contributed by atoms with E-state index >= 15 is 0 Å². The number of carboxylic acids is 1. The Kier molecular flexibility index (Phi) is 16.1. The Morgan fingerprint density at radius 2 is 0.825 bits per heavy atom. The van der Waals surface area contributed by atoms with Gasteiger partial charge in [-0.2, -0.15) is 0 Å². The van der Waals surface area contributed by atoms with Crippen LogP contribution < -0.4 is 32.3 Å². The molecule has 5 amide bonds. The lowest BCUT2D eigenvalue weighted by Crippen LogP contribution is -2.58. The molecule has 13 nitrogen and oxygen atoms in total. The fourth-order valence-corrected chi connectivity index (χ4v) is 3.76. The maximum Gasteiger partial charge on any atom is 0.325 e. The molecular weight excluding hydrogens is 520 g/mol. The lowest BCUT2D eigenvalue weighted by molar-refractivity contribution is -0.142. The molecule has 0 aromatic rings. The minimum absolute atomic E-state index is 0.00844. The van der Waals surface area contributed by atoms with Gasteiger partial charge in [0.2, 0.25) is 29.5 Å². The maximum atomic E-state index is 13.1. The van der Waals surface area contributed by atoms with Crippen molar-refractivity contribution in [3.63, 3.8) is 0 Å². The molecule has 0 unspecified atom stereocenters. The minimum Gasteiger partial charge on any atom is -0.480 e. The lowest BCUT2D eigenvalue weighted by Gasteiger charge is -2.26. The fourth-order valence-electron chi connectivity index (χ4n) is 3.76. The molecule has 0 aliphatic carbocycles. The molecule has 0 bridgehead atoms. The van der Waals surface area contributed by atoms with Crippen LogP contribution >= 0.6 is 0 Å². The molecule has 0 spiro atoms. The van der Waals surface area contributed by atoms with Crippen LogP contribution in [0.2, 0.25) is 0 Å². The number of hydrogen-bond donors (Lipinski definition) is 7. The fraction of sp³-hybridized carbons (Fsp3) is 0.778. The summed E-state index contributed by atoms with van der Waals surface area (Å²) in [7, 11) is 0. The number of carbonyl (C=O) groups excluding carboxylic acids is 5.